The number of ketones is 1. The number of methoxy groups -OCH3 is 1. The third kappa shape index (κ3) is 2.36. The monoisotopic (exact) mass is 258 g/mol. The average molecular weight is 258 g/mol. The number of fused-ring (bicyclic) bond motifs is 1. The average Bonchev–Trinajstić information content (AvgIpc) is 3.20. The molecular formula is C15H18N2O2. The first-order chi connectivity index (χ1) is 9.19. The summed E-state index contributed by atoms with van der Waals surface area (Å²) >= 11 is 0. The summed E-state index contributed by atoms with van der Waals surface area (Å²) in [5.41, 5.74) is 1.82. The van der Waals surface area contributed by atoms with E-state index in [2.05, 4.69) is 5.32 Å². The molecule has 0 bridgehead atoms. The number of nitrogens with zero attached hydrogens (tertiary/aromatic N) is 1. The van der Waals surface area contributed by atoms with Crippen molar-refractivity contribution in [1.82, 2.24) is 9.88 Å². The number of aromatic nitrogens is 1. The highest BCUT2D eigenvalue weighted by Crippen LogP contribution is 2.26. The maximum absolute atomic E-state index is 12.3. The highest BCUT2D eigenvalue weighted by molar-refractivity contribution is 6.09. The first kappa shape index (κ1) is 12.2. The molecule has 2 aromatic rings. The first-order valence-corrected chi connectivity index (χ1v) is 6.58. The Morgan fingerprint density at radius 1 is 1.47 bits per heavy atom. The van der Waals surface area contributed by atoms with E-state index in [-0.39, 0.29) is 5.78 Å². The lowest BCUT2D eigenvalue weighted by Gasteiger charge is -2.03. The van der Waals surface area contributed by atoms with Gasteiger partial charge >= 0.3 is 0 Å². The van der Waals surface area contributed by atoms with Gasteiger partial charge < -0.3 is 14.6 Å². The van der Waals surface area contributed by atoms with Crippen molar-refractivity contribution in [2.45, 2.75) is 18.9 Å². The Hall–Kier alpha value is -1.81. The van der Waals surface area contributed by atoms with Gasteiger partial charge in [-0.2, -0.15) is 0 Å². The summed E-state index contributed by atoms with van der Waals surface area (Å²) in [7, 11) is 3.60. The predicted molar refractivity (Wildman–Crippen MR) is 74.8 cm³/mol. The van der Waals surface area contributed by atoms with Crippen molar-refractivity contribution in [3.05, 3.63) is 30.0 Å². The minimum Gasteiger partial charge on any atom is -0.497 e. The molecule has 0 aliphatic heterocycles. The van der Waals surface area contributed by atoms with E-state index in [0.717, 1.165) is 22.2 Å². The van der Waals surface area contributed by atoms with Crippen LogP contribution in [-0.4, -0.2) is 30.0 Å². The number of hydrogen-bond acceptors (Lipinski definition) is 3. The van der Waals surface area contributed by atoms with Gasteiger partial charge in [0.15, 0.2) is 5.78 Å². The van der Waals surface area contributed by atoms with E-state index in [9.17, 15) is 4.79 Å². The fourth-order valence-corrected chi connectivity index (χ4v) is 2.34. The van der Waals surface area contributed by atoms with Crippen LogP contribution in [0.3, 0.4) is 0 Å². The largest absolute Gasteiger partial charge is 0.497 e. The van der Waals surface area contributed by atoms with Crippen LogP contribution in [0.2, 0.25) is 0 Å². The molecule has 1 saturated carbocycles. The normalized spacial score (nSPS) is 14.8. The lowest BCUT2D eigenvalue weighted by molar-refractivity contribution is 0.0992. The molecule has 4 heteroatoms. The number of Topliss-reactive ketones (excluding diaryl/α,β-unsaturated/α-hetero) is 1. The molecule has 1 aromatic heterocycles. The number of ether oxygens (including phenoxy) is 1. The molecular weight excluding hydrogens is 240 g/mol. The molecule has 3 rings (SSSR count). The van der Waals surface area contributed by atoms with Gasteiger partial charge in [0.25, 0.3) is 0 Å². The smallest absolute Gasteiger partial charge is 0.178 e. The van der Waals surface area contributed by atoms with E-state index in [1.165, 1.54) is 12.8 Å². The molecule has 0 atom stereocenters. The Bertz CT molecular complexity index is 626. The van der Waals surface area contributed by atoms with Crippen molar-refractivity contribution in [3.8, 4) is 5.75 Å². The predicted octanol–water partition coefficient (Wildman–Crippen LogP) is 2.12. The Morgan fingerprint density at radius 2 is 2.26 bits per heavy atom. The Kier molecular flexibility index (Phi) is 3.03. The number of aryl methyl sites for hydroxylation is 1. The highest BCUT2D eigenvalue weighted by atomic mass is 16.5. The van der Waals surface area contributed by atoms with Gasteiger partial charge in [-0.3, -0.25) is 4.79 Å². The van der Waals surface area contributed by atoms with Gasteiger partial charge in [0.1, 0.15) is 5.75 Å². The first-order valence-electron chi connectivity index (χ1n) is 6.58. The van der Waals surface area contributed by atoms with Crippen LogP contribution in [0.5, 0.6) is 5.75 Å². The van der Waals surface area contributed by atoms with Crippen molar-refractivity contribution in [2.24, 2.45) is 7.05 Å². The van der Waals surface area contributed by atoms with E-state index in [1.807, 2.05) is 36.0 Å². The summed E-state index contributed by atoms with van der Waals surface area (Å²) in [5, 5.41) is 4.23. The number of nitrogens with one attached hydrogen (secondary N) is 1. The van der Waals surface area contributed by atoms with Gasteiger partial charge in [-0.05, 0) is 31.0 Å². The molecule has 1 aliphatic carbocycles. The summed E-state index contributed by atoms with van der Waals surface area (Å²) in [6, 6.07) is 6.38. The van der Waals surface area contributed by atoms with Crippen molar-refractivity contribution in [1.29, 1.82) is 0 Å². The molecule has 100 valence electrons. The second kappa shape index (κ2) is 4.70. The van der Waals surface area contributed by atoms with Crippen LogP contribution in [-0.2, 0) is 7.05 Å². The van der Waals surface area contributed by atoms with Crippen molar-refractivity contribution in [2.75, 3.05) is 13.7 Å². The van der Waals surface area contributed by atoms with Gasteiger partial charge in [-0.25, -0.2) is 0 Å². The third-order valence-electron chi connectivity index (χ3n) is 3.63. The third-order valence-corrected chi connectivity index (χ3v) is 3.63. The van der Waals surface area contributed by atoms with Gasteiger partial charge in [0.2, 0.25) is 0 Å². The minimum atomic E-state index is 0.144. The van der Waals surface area contributed by atoms with Crippen molar-refractivity contribution >= 4 is 16.7 Å². The summed E-state index contributed by atoms with van der Waals surface area (Å²) in [5.74, 6) is 0.925. The second-order valence-electron chi connectivity index (χ2n) is 5.12. The van der Waals surface area contributed by atoms with Crippen LogP contribution >= 0.6 is 0 Å². The minimum absolute atomic E-state index is 0.144. The molecule has 4 nitrogen and oxygen atoms in total. The molecule has 0 spiro atoms. The molecule has 0 radical (unpaired) electrons. The quantitative estimate of drug-likeness (QED) is 0.835. The molecule has 0 amide bonds. The van der Waals surface area contributed by atoms with E-state index in [0.29, 0.717) is 12.6 Å². The fraction of sp³-hybridized carbons (Fsp3) is 0.400. The number of rotatable bonds is 5. The Morgan fingerprint density at radius 3 is 2.95 bits per heavy atom. The van der Waals surface area contributed by atoms with Crippen LogP contribution in [0.4, 0.5) is 0 Å². The van der Waals surface area contributed by atoms with Crippen molar-refractivity contribution < 1.29 is 9.53 Å². The Labute approximate surface area is 112 Å². The number of hydrogen-bond donors (Lipinski definition) is 1. The summed E-state index contributed by atoms with van der Waals surface area (Å²) in [4.78, 5) is 12.3. The number of carbonyl (C=O) groups is 1. The standard InChI is InChI=1S/C15H18N2O2/c1-17-9-13(15(18)8-16-10-3-4-10)12-7-11(19-2)5-6-14(12)17/h5-7,9-10,16H,3-4,8H2,1-2H3. The van der Waals surface area contributed by atoms with E-state index >= 15 is 0 Å². The van der Waals surface area contributed by atoms with Crippen LogP contribution in [0.15, 0.2) is 24.4 Å². The zero-order valence-corrected chi connectivity index (χ0v) is 11.3. The zero-order valence-electron chi connectivity index (χ0n) is 11.3. The molecule has 19 heavy (non-hydrogen) atoms. The van der Waals surface area contributed by atoms with E-state index < -0.39 is 0 Å². The maximum atomic E-state index is 12.3. The van der Waals surface area contributed by atoms with Crippen LogP contribution in [0.25, 0.3) is 10.9 Å². The lowest BCUT2D eigenvalue weighted by atomic mass is 10.1. The van der Waals surface area contributed by atoms with Crippen LogP contribution < -0.4 is 10.1 Å². The SMILES string of the molecule is COc1ccc2c(c1)c(C(=O)CNC1CC1)cn2C. The maximum Gasteiger partial charge on any atom is 0.178 e. The topological polar surface area (TPSA) is 43.3 Å². The number of carbonyl (C=O) groups excluding carboxylic acids is 1. The second-order valence-corrected chi connectivity index (χ2v) is 5.12. The molecule has 1 heterocycles. The molecule has 0 saturated heterocycles. The molecule has 1 N–H and O–H groups in total. The summed E-state index contributed by atoms with van der Waals surface area (Å²) < 4.78 is 7.22. The lowest BCUT2D eigenvalue weighted by Crippen LogP contribution is -2.24. The van der Waals surface area contributed by atoms with Gasteiger partial charge in [-0.1, -0.05) is 0 Å². The van der Waals surface area contributed by atoms with Gasteiger partial charge in [0, 0.05) is 35.8 Å². The molecule has 1 aliphatic rings. The van der Waals surface area contributed by atoms with Crippen LogP contribution in [0, 0.1) is 0 Å². The van der Waals surface area contributed by atoms with E-state index in [1.54, 1.807) is 7.11 Å². The van der Waals surface area contributed by atoms with Crippen LogP contribution in [0.1, 0.15) is 23.2 Å². The van der Waals surface area contributed by atoms with Gasteiger partial charge in [-0.15, -0.1) is 0 Å². The summed E-state index contributed by atoms with van der Waals surface area (Å²) in [6.07, 6.45) is 4.29. The van der Waals surface area contributed by atoms with Gasteiger partial charge in [0.05, 0.1) is 13.7 Å². The molecule has 1 fully saturated rings. The Balaban J connectivity index is 1.94. The summed E-state index contributed by atoms with van der Waals surface area (Å²) in [6.45, 7) is 0.418. The highest BCUT2D eigenvalue weighted by Gasteiger charge is 2.22. The number of benzene rings is 1. The zero-order chi connectivity index (χ0) is 13.4. The van der Waals surface area contributed by atoms with Crippen molar-refractivity contribution in [3.63, 3.8) is 0 Å². The molecule has 1 aromatic carbocycles. The fourth-order valence-electron chi connectivity index (χ4n) is 2.34. The van der Waals surface area contributed by atoms with E-state index in [4.69, 9.17) is 4.74 Å². The molecule has 0 unspecified atom stereocenters.